The van der Waals surface area contributed by atoms with Gasteiger partial charge in [0, 0.05) is 65.2 Å². The molecule has 0 N–H and O–H groups in total. The van der Waals surface area contributed by atoms with E-state index in [1.807, 2.05) is 0 Å². The molecule has 0 aliphatic carbocycles. The highest BCUT2D eigenvalue weighted by molar-refractivity contribution is 7.03. The predicted molar refractivity (Wildman–Crippen MR) is 437 cm³/mol. The van der Waals surface area contributed by atoms with Crippen LogP contribution in [-0.4, -0.2) is 36.3 Å². The van der Waals surface area contributed by atoms with Crippen LogP contribution in [0.4, 0.5) is 0 Å². The van der Waals surface area contributed by atoms with Crippen LogP contribution in [0.1, 0.15) is 0 Å². The second-order valence-corrected chi connectivity index (χ2v) is 28.1. The second kappa shape index (κ2) is 21.6. The van der Waals surface area contributed by atoms with Gasteiger partial charge in [0.1, 0.15) is 0 Å². The highest BCUT2D eigenvalue weighted by atomic mass is 15.1. The Bertz CT molecular complexity index is 6730. The van der Waals surface area contributed by atoms with Crippen LogP contribution in [0.2, 0.25) is 0 Å². The van der Waals surface area contributed by atoms with Crippen LogP contribution in [0.3, 0.4) is 0 Å². The Morgan fingerprint density at radius 2 is 0.398 bits per heavy atom. The van der Waals surface area contributed by atoms with E-state index in [0.717, 1.165) is 83.7 Å². The van der Waals surface area contributed by atoms with E-state index in [2.05, 4.69) is 381 Å². The van der Waals surface area contributed by atoms with Gasteiger partial charge in [0.05, 0.1) is 72.2 Å². The lowest BCUT2D eigenvalue weighted by molar-refractivity contribution is 1.05. The first kappa shape index (κ1) is 56.5. The highest BCUT2D eigenvalue weighted by Crippen LogP contribution is 2.47. The first-order valence-corrected chi connectivity index (χ1v) is 35.9. The SMILES string of the molecule is c1ccc(-n2c3ccccc3c3cc(-c4ccc5c(c4)c4ccccc4n5-c4c(-n5c6ccccc6c6ccccc65)c(B5c6ccccc6-c6ccccc65)c(-n5c6ccccc6c6ccccc65)c(B5c6ccccc6-c6ccccc65)c4-n4c5ccccc5c5ccccc54)ccc32)cc1. The average molecular weight is 1300 g/mol. The summed E-state index contributed by atoms with van der Waals surface area (Å²) in [6.07, 6.45) is 0. The Labute approximate surface area is 594 Å². The largest absolute Gasteiger partial charge is 0.310 e. The lowest BCUT2D eigenvalue weighted by atomic mass is 9.34. The molecule has 0 saturated carbocycles. The molecule has 7 heterocycles. The maximum Gasteiger partial charge on any atom is 0.248 e. The van der Waals surface area contributed by atoms with Crippen molar-refractivity contribution in [3.05, 3.63) is 358 Å². The molecule has 0 atom stereocenters. The molecule has 5 aromatic heterocycles. The average Bonchev–Trinajstić information content (AvgIpc) is 1.62. The van der Waals surface area contributed by atoms with Gasteiger partial charge in [0.25, 0.3) is 0 Å². The molecule has 0 saturated heterocycles. The molecule has 2 aliphatic heterocycles. The minimum atomic E-state index is -0.309. The quantitative estimate of drug-likeness (QED) is 0.136. The van der Waals surface area contributed by atoms with E-state index < -0.39 is 0 Å². The summed E-state index contributed by atoms with van der Waals surface area (Å²) in [6, 6.07) is 136. The normalized spacial score (nSPS) is 12.6. The standard InChI is InChI=1S/C96H59B2N5/c1-2-28-62(29-3-1)99-81-46-20-14-40-73(81)75-58-60(54-56-89(75)99)61-55-57-90-76(59-61)74-41-15-27-53-88(74)103(90)96-94(101-84-49-23-10-36-69(84)70-37-11-24-50-85(70)101)91(97-77-42-16-4-30-63(77)64-31-5-17-43-78(64)97)93(100-82-47-21-8-34-67(82)68-35-9-22-48-83(68)100)92(98-79-44-18-6-32-65(79)66-33-7-19-45-80(66)98)95(96)102-86-51-25-12-38-71(86)72-39-13-26-52-87(72)102/h1-59H. The van der Waals surface area contributed by atoms with Crippen molar-refractivity contribution in [2.24, 2.45) is 0 Å². The van der Waals surface area contributed by atoms with Crippen molar-refractivity contribution in [3.63, 3.8) is 0 Å². The number of hydrogen-bond donors (Lipinski definition) is 0. The van der Waals surface area contributed by atoms with Gasteiger partial charge in [0.2, 0.25) is 13.4 Å². The van der Waals surface area contributed by atoms with Gasteiger partial charge in [-0.1, -0.05) is 295 Å². The highest BCUT2D eigenvalue weighted by Gasteiger charge is 2.46. The molecular formula is C96H59B2N5. The van der Waals surface area contributed by atoms with Gasteiger partial charge in [-0.2, -0.15) is 0 Å². The van der Waals surface area contributed by atoms with E-state index in [9.17, 15) is 0 Å². The summed E-state index contributed by atoms with van der Waals surface area (Å²) in [6.45, 7) is -0.618. The monoisotopic (exact) mass is 1300 g/mol. The van der Waals surface area contributed by atoms with Crippen LogP contribution in [0.25, 0.3) is 171 Å². The molecule has 5 nitrogen and oxygen atoms in total. The number of hydrogen-bond acceptors (Lipinski definition) is 0. The Balaban J connectivity index is 0.992. The van der Waals surface area contributed by atoms with Crippen LogP contribution in [0.15, 0.2) is 358 Å². The minimum Gasteiger partial charge on any atom is -0.310 e. The predicted octanol–water partition coefficient (Wildman–Crippen LogP) is 19.8. The first-order valence-electron chi connectivity index (χ1n) is 35.9. The maximum atomic E-state index is 2.73. The Morgan fingerprint density at radius 1 is 0.165 bits per heavy atom. The van der Waals surface area contributed by atoms with Crippen molar-refractivity contribution in [2.45, 2.75) is 0 Å². The molecule has 0 bridgehead atoms. The molecule has 103 heavy (non-hydrogen) atoms. The van der Waals surface area contributed by atoms with Gasteiger partial charge in [0.15, 0.2) is 0 Å². The van der Waals surface area contributed by atoms with Crippen LogP contribution < -0.4 is 32.8 Å². The van der Waals surface area contributed by atoms with Crippen molar-refractivity contribution in [3.8, 4) is 61.8 Å². The van der Waals surface area contributed by atoms with Gasteiger partial charge in [-0.05, 0) is 129 Å². The van der Waals surface area contributed by atoms with Crippen molar-refractivity contribution < 1.29 is 0 Å². The summed E-state index contributed by atoms with van der Waals surface area (Å²) in [4.78, 5) is 0. The fourth-order valence-corrected chi connectivity index (χ4v) is 19.0. The van der Waals surface area contributed by atoms with Gasteiger partial charge in [-0.3, -0.25) is 0 Å². The Kier molecular flexibility index (Phi) is 11.8. The van der Waals surface area contributed by atoms with E-state index in [4.69, 9.17) is 0 Å². The third-order valence-electron chi connectivity index (χ3n) is 23.0. The molecule has 0 amide bonds. The summed E-state index contributed by atoms with van der Waals surface area (Å²) in [5.41, 5.74) is 31.9. The van der Waals surface area contributed by atoms with Gasteiger partial charge in [-0.15, -0.1) is 0 Å². The van der Waals surface area contributed by atoms with Crippen LogP contribution in [-0.2, 0) is 0 Å². The molecule has 23 rings (SSSR count). The fourth-order valence-electron chi connectivity index (χ4n) is 19.0. The van der Waals surface area contributed by atoms with E-state index in [0.29, 0.717) is 0 Å². The van der Waals surface area contributed by atoms with Crippen molar-refractivity contribution in [1.29, 1.82) is 0 Å². The van der Waals surface area contributed by atoms with Crippen LogP contribution >= 0.6 is 0 Å². The molecule has 0 unspecified atom stereocenters. The van der Waals surface area contributed by atoms with Gasteiger partial charge >= 0.3 is 0 Å². The number of aromatic nitrogens is 5. The fraction of sp³-hybridized carbons (Fsp3) is 0. The van der Waals surface area contributed by atoms with Crippen LogP contribution in [0.5, 0.6) is 0 Å². The lowest BCUT2D eigenvalue weighted by Gasteiger charge is -2.34. The van der Waals surface area contributed by atoms with Crippen molar-refractivity contribution in [1.82, 2.24) is 22.8 Å². The number of benzene rings is 16. The molecule has 7 heteroatoms. The molecule has 16 aromatic carbocycles. The zero-order valence-electron chi connectivity index (χ0n) is 56.0. The third-order valence-corrected chi connectivity index (χ3v) is 23.0. The van der Waals surface area contributed by atoms with E-state index >= 15 is 0 Å². The molecule has 474 valence electrons. The number of para-hydroxylation sites is 9. The summed E-state index contributed by atoms with van der Waals surface area (Å²) in [5.74, 6) is 0. The van der Waals surface area contributed by atoms with Crippen LogP contribution in [0, 0.1) is 0 Å². The Hall–Kier alpha value is -13.4. The first-order chi connectivity index (χ1) is 51.2. The van der Waals surface area contributed by atoms with Gasteiger partial charge in [-0.25, -0.2) is 0 Å². The molecule has 0 spiro atoms. The zero-order valence-corrected chi connectivity index (χ0v) is 56.0. The van der Waals surface area contributed by atoms with Crippen molar-refractivity contribution in [2.75, 3.05) is 0 Å². The zero-order chi connectivity index (χ0) is 67.1. The molecule has 21 aromatic rings. The smallest absolute Gasteiger partial charge is 0.248 e. The lowest BCUT2D eigenvalue weighted by Crippen LogP contribution is -2.59. The number of rotatable bonds is 8. The van der Waals surface area contributed by atoms with E-state index in [-0.39, 0.29) is 13.4 Å². The summed E-state index contributed by atoms with van der Waals surface area (Å²) in [7, 11) is 0. The summed E-state index contributed by atoms with van der Waals surface area (Å²) < 4.78 is 13.3. The number of nitrogens with zero attached hydrogens (tertiary/aromatic N) is 5. The molecule has 2 aliphatic rings. The van der Waals surface area contributed by atoms with E-state index in [1.54, 1.807) is 0 Å². The third kappa shape index (κ3) is 7.77. The minimum absolute atomic E-state index is 0.309. The summed E-state index contributed by atoms with van der Waals surface area (Å²) in [5, 5.41) is 12.0. The Morgan fingerprint density at radius 3 is 0.728 bits per heavy atom. The second-order valence-electron chi connectivity index (χ2n) is 28.1. The topological polar surface area (TPSA) is 24.6 Å². The van der Waals surface area contributed by atoms with Gasteiger partial charge < -0.3 is 22.8 Å². The summed E-state index contributed by atoms with van der Waals surface area (Å²) >= 11 is 0. The maximum absolute atomic E-state index is 2.73. The van der Waals surface area contributed by atoms with Crippen molar-refractivity contribution >= 4 is 155 Å². The molecule has 0 radical (unpaired) electrons. The molecule has 0 fully saturated rings. The number of fused-ring (bicyclic) bond motifs is 21. The molecular weight excluding hydrogens is 1240 g/mol. The van der Waals surface area contributed by atoms with E-state index in [1.165, 1.54) is 120 Å².